The molecule has 0 fully saturated rings. The lowest BCUT2D eigenvalue weighted by Gasteiger charge is -2.16. The second-order valence-corrected chi connectivity index (χ2v) is 5.00. The fourth-order valence-corrected chi connectivity index (χ4v) is 1.88. The summed E-state index contributed by atoms with van der Waals surface area (Å²) in [6.07, 6.45) is 3.08. The summed E-state index contributed by atoms with van der Waals surface area (Å²) in [7, 11) is 1.78. The van der Waals surface area contributed by atoms with Crippen LogP contribution in [-0.2, 0) is 7.05 Å². The minimum absolute atomic E-state index is 0.204. The molecule has 0 spiro atoms. The van der Waals surface area contributed by atoms with Crippen molar-refractivity contribution in [3.63, 3.8) is 0 Å². The van der Waals surface area contributed by atoms with Crippen molar-refractivity contribution in [2.24, 2.45) is 7.05 Å². The molecule has 0 saturated heterocycles. The third kappa shape index (κ3) is 4.68. The van der Waals surface area contributed by atoms with E-state index in [1.54, 1.807) is 36.3 Å². The van der Waals surface area contributed by atoms with E-state index < -0.39 is 0 Å². The summed E-state index contributed by atoms with van der Waals surface area (Å²) in [6, 6.07) is 6.91. The van der Waals surface area contributed by atoms with Crippen LogP contribution in [0.1, 0.15) is 6.92 Å². The van der Waals surface area contributed by atoms with Gasteiger partial charge in [-0.1, -0.05) is 23.7 Å². The van der Waals surface area contributed by atoms with Crippen LogP contribution in [0.2, 0.25) is 5.02 Å². The lowest BCUT2D eigenvalue weighted by atomic mass is 10.3. The second-order valence-electron chi connectivity index (χ2n) is 4.60. The number of hydrogen-bond donors (Lipinski definition) is 2. The van der Waals surface area contributed by atoms with E-state index in [9.17, 15) is 4.79 Å². The standard InChI is InChI=1S/C14H17ClN4O2/c1-10(21-13-6-4-3-5-12(13)15)7-16-14(20)18-11-8-17-19(2)9-11/h3-6,8-10H,7H2,1-2H3,(H2,16,18,20)/t10-/m1/s1. The summed E-state index contributed by atoms with van der Waals surface area (Å²) in [6.45, 7) is 2.21. The van der Waals surface area contributed by atoms with Crippen LogP contribution in [0.5, 0.6) is 5.75 Å². The van der Waals surface area contributed by atoms with E-state index in [2.05, 4.69) is 15.7 Å². The number of ether oxygens (including phenoxy) is 1. The Kier molecular flexibility index (Phi) is 5.05. The van der Waals surface area contributed by atoms with Gasteiger partial charge in [0.25, 0.3) is 0 Å². The van der Waals surface area contributed by atoms with E-state index in [0.717, 1.165) is 0 Å². The number of amides is 2. The van der Waals surface area contributed by atoms with E-state index >= 15 is 0 Å². The smallest absolute Gasteiger partial charge is 0.319 e. The van der Waals surface area contributed by atoms with Crippen LogP contribution in [0.15, 0.2) is 36.7 Å². The van der Waals surface area contributed by atoms with Gasteiger partial charge in [0.15, 0.2) is 0 Å². The Hall–Kier alpha value is -2.21. The molecule has 112 valence electrons. The maximum absolute atomic E-state index is 11.7. The summed E-state index contributed by atoms with van der Waals surface area (Å²) >= 11 is 6.01. The number of carbonyl (C=O) groups excluding carboxylic acids is 1. The van der Waals surface area contributed by atoms with E-state index in [4.69, 9.17) is 16.3 Å². The first-order chi connectivity index (χ1) is 10.0. The number of carbonyl (C=O) groups is 1. The van der Waals surface area contributed by atoms with Gasteiger partial charge in [0, 0.05) is 13.2 Å². The van der Waals surface area contributed by atoms with Crippen LogP contribution in [0.4, 0.5) is 10.5 Å². The zero-order chi connectivity index (χ0) is 15.2. The summed E-state index contributed by atoms with van der Waals surface area (Å²) in [4.78, 5) is 11.7. The Morgan fingerprint density at radius 2 is 2.24 bits per heavy atom. The molecular formula is C14H17ClN4O2. The lowest BCUT2D eigenvalue weighted by molar-refractivity contribution is 0.212. The number of nitrogens with one attached hydrogen (secondary N) is 2. The second kappa shape index (κ2) is 6.99. The number of para-hydroxylation sites is 1. The van der Waals surface area contributed by atoms with Crippen molar-refractivity contribution >= 4 is 23.3 Å². The number of anilines is 1. The van der Waals surface area contributed by atoms with Crippen molar-refractivity contribution in [2.75, 3.05) is 11.9 Å². The summed E-state index contributed by atoms with van der Waals surface area (Å²) in [5.74, 6) is 0.598. The Balaban J connectivity index is 1.77. The Morgan fingerprint density at radius 1 is 1.48 bits per heavy atom. The molecule has 7 heteroatoms. The molecule has 2 rings (SSSR count). The highest BCUT2D eigenvalue weighted by Crippen LogP contribution is 2.23. The summed E-state index contributed by atoms with van der Waals surface area (Å²) < 4.78 is 7.27. The first kappa shape index (κ1) is 15.2. The molecule has 0 unspecified atom stereocenters. The lowest BCUT2D eigenvalue weighted by Crippen LogP contribution is -2.36. The van der Waals surface area contributed by atoms with Gasteiger partial charge in [-0.05, 0) is 19.1 Å². The number of hydrogen-bond acceptors (Lipinski definition) is 3. The zero-order valence-electron chi connectivity index (χ0n) is 11.8. The molecule has 21 heavy (non-hydrogen) atoms. The van der Waals surface area contributed by atoms with Gasteiger partial charge < -0.3 is 15.4 Å². The molecule has 0 aliphatic carbocycles. The average molecular weight is 309 g/mol. The minimum atomic E-state index is -0.308. The van der Waals surface area contributed by atoms with Gasteiger partial charge in [0.1, 0.15) is 11.9 Å². The molecular weight excluding hydrogens is 292 g/mol. The number of halogens is 1. The summed E-state index contributed by atoms with van der Waals surface area (Å²) in [5.41, 5.74) is 0.634. The van der Waals surface area contributed by atoms with Gasteiger partial charge in [0.2, 0.25) is 0 Å². The quantitative estimate of drug-likeness (QED) is 0.892. The van der Waals surface area contributed by atoms with Crippen molar-refractivity contribution in [1.29, 1.82) is 0 Å². The molecule has 0 radical (unpaired) electrons. The normalized spacial score (nSPS) is 11.8. The molecule has 1 atom stereocenters. The average Bonchev–Trinajstić information content (AvgIpc) is 2.84. The fraction of sp³-hybridized carbons (Fsp3) is 0.286. The molecule has 0 aliphatic rings. The van der Waals surface area contributed by atoms with Crippen molar-refractivity contribution in [2.45, 2.75) is 13.0 Å². The van der Waals surface area contributed by atoms with Gasteiger partial charge in [-0.25, -0.2) is 4.79 Å². The van der Waals surface area contributed by atoms with Crippen molar-refractivity contribution in [1.82, 2.24) is 15.1 Å². The molecule has 0 saturated carbocycles. The van der Waals surface area contributed by atoms with Gasteiger partial charge in [-0.3, -0.25) is 4.68 Å². The van der Waals surface area contributed by atoms with E-state index in [1.165, 1.54) is 0 Å². The number of rotatable bonds is 5. The van der Waals surface area contributed by atoms with E-state index in [0.29, 0.717) is 23.0 Å². The van der Waals surface area contributed by atoms with Crippen LogP contribution in [0.25, 0.3) is 0 Å². The van der Waals surface area contributed by atoms with Crippen LogP contribution in [-0.4, -0.2) is 28.5 Å². The van der Waals surface area contributed by atoms with Crippen LogP contribution in [0.3, 0.4) is 0 Å². The van der Waals surface area contributed by atoms with Crippen molar-refractivity contribution < 1.29 is 9.53 Å². The molecule has 0 bridgehead atoms. The maximum Gasteiger partial charge on any atom is 0.319 e. The highest BCUT2D eigenvalue weighted by Gasteiger charge is 2.09. The maximum atomic E-state index is 11.7. The Labute approximate surface area is 128 Å². The molecule has 1 aromatic heterocycles. The van der Waals surface area contributed by atoms with Crippen molar-refractivity contribution in [3.8, 4) is 5.75 Å². The molecule has 2 amide bonds. The minimum Gasteiger partial charge on any atom is -0.487 e. The monoisotopic (exact) mass is 308 g/mol. The molecule has 6 nitrogen and oxygen atoms in total. The van der Waals surface area contributed by atoms with Crippen molar-refractivity contribution in [3.05, 3.63) is 41.7 Å². The molecule has 0 aliphatic heterocycles. The third-order valence-electron chi connectivity index (χ3n) is 2.68. The van der Waals surface area contributed by atoms with Crippen LogP contribution >= 0.6 is 11.6 Å². The highest BCUT2D eigenvalue weighted by atomic mass is 35.5. The Morgan fingerprint density at radius 3 is 2.90 bits per heavy atom. The number of aromatic nitrogens is 2. The SMILES string of the molecule is C[C@H](CNC(=O)Nc1cnn(C)c1)Oc1ccccc1Cl. The molecule has 2 aromatic rings. The fourth-order valence-electron chi connectivity index (χ4n) is 1.70. The molecule has 1 heterocycles. The van der Waals surface area contributed by atoms with Crippen LogP contribution < -0.4 is 15.4 Å². The number of benzene rings is 1. The first-order valence-electron chi connectivity index (χ1n) is 6.49. The number of nitrogens with zero attached hydrogens (tertiary/aromatic N) is 2. The predicted molar refractivity (Wildman–Crippen MR) is 81.8 cm³/mol. The number of aryl methyl sites for hydroxylation is 1. The van der Waals surface area contributed by atoms with Gasteiger partial charge in [0.05, 0.1) is 23.5 Å². The molecule has 1 aromatic carbocycles. The third-order valence-corrected chi connectivity index (χ3v) is 2.99. The Bertz CT molecular complexity index is 615. The van der Waals surface area contributed by atoms with E-state index in [1.807, 2.05) is 19.1 Å². The highest BCUT2D eigenvalue weighted by molar-refractivity contribution is 6.32. The van der Waals surface area contributed by atoms with Gasteiger partial charge >= 0.3 is 6.03 Å². The topological polar surface area (TPSA) is 68.2 Å². The van der Waals surface area contributed by atoms with Crippen LogP contribution in [0, 0.1) is 0 Å². The largest absolute Gasteiger partial charge is 0.487 e. The summed E-state index contributed by atoms with van der Waals surface area (Å²) in [5, 5.41) is 9.91. The first-order valence-corrected chi connectivity index (χ1v) is 6.87. The van der Waals surface area contributed by atoms with Gasteiger partial charge in [-0.15, -0.1) is 0 Å². The molecule has 2 N–H and O–H groups in total. The van der Waals surface area contributed by atoms with E-state index in [-0.39, 0.29) is 12.1 Å². The zero-order valence-corrected chi connectivity index (χ0v) is 12.6. The predicted octanol–water partition coefficient (Wildman–Crippen LogP) is 2.66. The number of urea groups is 1. The van der Waals surface area contributed by atoms with Gasteiger partial charge in [-0.2, -0.15) is 5.10 Å².